The smallest absolute Gasteiger partial charge is 0.255 e. The Hall–Kier alpha value is -2.91. The molecule has 7 nitrogen and oxygen atoms in total. The lowest BCUT2D eigenvalue weighted by Crippen LogP contribution is -2.39. The number of carbonyl (C=O) groups excluding carboxylic acids is 1. The van der Waals surface area contributed by atoms with Crippen LogP contribution in [0.2, 0.25) is 10.0 Å². The number of hydrogen-bond donors (Lipinski definition) is 1. The van der Waals surface area contributed by atoms with E-state index in [0.717, 1.165) is 9.87 Å². The Morgan fingerprint density at radius 3 is 2.50 bits per heavy atom. The van der Waals surface area contributed by atoms with Gasteiger partial charge in [0.2, 0.25) is 10.0 Å². The third-order valence-electron chi connectivity index (χ3n) is 4.84. The number of aryl methyl sites for hydroxylation is 1. The Balaban J connectivity index is 1.81. The molecule has 0 unspecified atom stereocenters. The summed E-state index contributed by atoms with van der Waals surface area (Å²) >= 11 is 12.2. The van der Waals surface area contributed by atoms with E-state index < -0.39 is 22.5 Å². The lowest BCUT2D eigenvalue weighted by molar-refractivity contribution is -0.121. The number of methoxy groups -OCH3 is 1. The maximum absolute atomic E-state index is 13.4. The molecule has 10 heteroatoms. The predicted molar refractivity (Wildman–Crippen MR) is 134 cm³/mol. The van der Waals surface area contributed by atoms with Crippen LogP contribution < -0.4 is 10.2 Å². The topological polar surface area (TPSA) is 88.1 Å². The maximum atomic E-state index is 13.4. The number of sulfonamides is 1. The van der Waals surface area contributed by atoms with Crippen molar-refractivity contribution in [1.82, 2.24) is 9.73 Å². The molecule has 0 aromatic heterocycles. The molecule has 0 radical (unpaired) electrons. The first kappa shape index (κ1) is 25.7. The number of amides is 1. The second kappa shape index (κ2) is 11.5. The average Bonchev–Trinajstić information content (AvgIpc) is 2.80. The van der Waals surface area contributed by atoms with Crippen LogP contribution in [0.5, 0.6) is 5.75 Å². The number of nitrogens with one attached hydrogen (secondary N) is 1. The van der Waals surface area contributed by atoms with E-state index >= 15 is 0 Å². The lowest BCUT2D eigenvalue weighted by Gasteiger charge is -2.22. The molecule has 34 heavy (non-hydrogen) atoms. The van der Waals surface area contributed by atoms with E-state index in [9.17, 15) is 13.2 Å². The van der Waals surface area contributed by atoms with Crippen molar-refractivity contribution in [2.75, 3.05) is 13.7 Å². The Bertz CT molecular complexity index is 1300. The van der Waals surface area contributed by atoms with E-state index in [1.54, 1.807) is 55.6 Å². The van der Waals surface area contributed by atoms with Gasteiger partial charge in [-0.2, -0.15) is 9.41 Å². The van der Waals surface area contributed by atoms with Gasteiger partial charge in [-0.05, 0) is 54.4 Å². The van der Waals surface area contributed by atoms with Crippen molar-refractivity contribution in [2.24, 2.45) is 5.10 Å². The Morgan fingerprint density at radius 2 is 1.82 bits per heavy atom. The summed E-state index contributed by atoms with van der Waals surface area (Å²) in [6, 6.07) is 18.2. The van der Waals surface area contributed by atoms with Gasteiger partial charge < -0.3 is 4.74 Å². The highest BCUT2D eigenvalue weighted by atomic mass is 35.5. The lowest BCUT2D eigenvalue weighted by atomic mass is 10.2. The van der Waals surface area contributed by atoms with Crippen molar-refractivity contribution in [3.05, 3.63) is 93.5 Å². The van der Waals surface area contributed by atoms with Crippen LogP contribution in [-0.2, 0) is 21.4 Å². The monoisotopic (exact) mass is 519 g/mol. The molecule has 0 aliphatic rings. The van der Waals surface area contributed by atoms with Gasteiger partial charge in [-0.1, -0.05) is 59.1 Å². The van der Waals surface area contributed by atoms with Crippen molar-refractivity contribution >= 4 is 45.3 Å². The van der Waals surface area contributed by atoms with Crippen LogP contribution in [-0.4, -0.2) is 38.5 Å². The highest BCUT2D eigenvalue weighted by Crippen LogP contribution is 2.25. The van der Waals surface area contributed by atoms with E-state index in [0.29, 0.717) is 26.9 Å². The van der Waals surface area contributed by atoms with E-state index in [4.69, 9.17) is 27.9 Å². The SMILES string of the molecule is COc1cccc(/C=N\NC(=O)CN(Cc2ccc(Cl)cc2Cl)S(=O)(=O)c2ccc(C)cc2)c1. The molecule has 0 aliphatic heterocycles. The molecule has 0 fully saturated rings. The van der Waals surface area contributed by atoms with Gasteiger partial charge in [0.05, 0.1) is 24.8 Å². The van der Waals surface area contributed by atoms with Gasteiger partial charge in [0, 0.05) is 16.6 Å². The summed E-state index contributed by atoms with van der Waals surface area (Å²) in [7, 11) is -2.46. The summed E-state index contributed by atoms with van der Waals surface area (Å²) in [6.07, 6.45) is 1.44. The molecule has 0 atom stereocenters. The fourth-order valence-electron chi connectivity index (χ4n) is 3.02. The number of hydrogen-bond acceptors (Lipinski definition) is 5. The number of benzene rings is 3. The molecule has 0 spiro atoms. The van der Waals surface area contributed by atoms with Crippen LogP contribution >= 0.6 is 23.2 Å². The van der Waals surface area contributed by atoms with Crippen molar-refractivity contribution in [3.63, 3.8) is 0 Å². The largest absolute Gasteiger partial charge is 0.497 e. The molecular weight excluding hydrogens is 497 g/mol. The van der Waals surface area contributed by atoms with Gasteiger partial charge >= 0.3 is 0 Å². The van der Waals surface area contributed by atoms with Crippen LogP contribution in [0.3, 0.4) is 0 Å². The summed E-state index contributed by atoms with van der Waals surface area (Å²) in [5.74, 6) is 0.0328. The van der Waals surface area contributed by atoms with E-state index in [2.05, 4.69) is 10.5 Å². The first-order valence-electron chi connectivity index (χ1n) is 10.2. The molecule has 178 valence electrons. The van der Waals surface area contributed by atoms with Gasteiger partial charge in [-0.25, -0.2) is 13.8 Å². The molecule has 0 bridgehead atoms. The molecule has 1 amide bonds. The van der Waals surface area contributed by atoms with Gasteiger partial charge in [0.15, 0.2) is 0 Å². The van der Waals surface area contributed by atoms with Crippen molar-refractivity contribution < 1.29 is 17.9 Å². The van der Waals surface area contributed by atoms with Crippen molar-refractivity contribution in [1.29, 1.82) is 0 Å². The van der Waals surface area contributed by atoms with Gasteiger partial charge in [-0.15, -0.1) is 0 Å². The minimum absolute atomic E-state index is 0.0656. The molecule has 0 heterocycles. The summed E-state index contributed by atoms with van der Waals surface area (Å²) < 4.78 is 32.9. The first-order valence-corrected chi connectivity index (χ1v) is 12.4. The molecule has 0 saturated carbocycles. The molecule has 3 aromatic carbocycles. The Kier molecular flexibility index (Phi) is 8.68. The normalized spacial score (nSPS) is 11.7. The Labute approximate surface area is 209 Å². The molecular formula is C24H23Cl2N3O4S. The number of hydrazone groups is 1. The molecule has 1 N–H and O–H groups in total. The van der Waals surface area contributed by atoms with E-state index in [1.165, 1.54) is 24.4 Å². The summed E-state index contributed by atoms with van der Waals surface area (Å²) in [5.41, 5.74) is 4.50. The predicted octanol–water partition coefficient (Wildman–Crippen LogP) is 4.65. The maximum Gasteiger partial charge on any atom is 0.255 e. The zero-order valence-electron chi connectivity index (χ0n) is 18.5. The summed E-state index contributed by atoms with van der Waals surface area (Å²) in [6.45, 7) is 1.26. The number of nitrogens with zero attached hydrogens (tertiary/aromatic N) is 2. The number of ether oxygens (including phenoxy) is 1. The standard InChI is InChI=1S/C24H23Cl2N3O4S/c1-17-6-10-22(11-7-17)34(31,32)29(15-19-8-9-20(25)13-23(19)26)16-24(30)28-27-14-18-4-3-5-21(12-18)33-2/h3-14H,15-16H2,1-2H3,(H,28,30)/b27-14-. The van der Waals surface area contributed by atoms with Crippen molar-refractivity contribution in [2.45, 2.75) is 18.4 Å². The number of carbonyl (C=O) groups is 1. The third-order valence-corrected chi connectivity index (χ3v) is 7.23. The number of rotatable bonds is 9. The minimum atomic E-state index is -4.01. The van der Waals surface area contributed by atoms with Crippen LogP contribution in [0.1, 0.15) is 16.7 Å². The van der Waals surface area contributed by atoms with Gasteiger partial charge in [0.1, 0.15) is 5.75 Å². The van der Waals surface area contributed by atoms with Gasteiger partial charge in [-0.3, -0.25) is 4.79 Å². The number of halogens is 2. The van der Waals surface area contributed by atoms with Crippen molar-refractivity contribution in [3.8, 4) is 5.75 Å². The molecule has 0 aliphatic carbocycles. The second-order valence-corrected chi connectivity index (χ2v) is 10.2. The van der Waals surface area contributed by atoms with E-state index in [-0.39, 0.29) is 11.4 Å². The van der Waals surface area contributed by atoms with Crippen LogP contribution in [0, 0.1) is 6.92 Å². The van der Waals surface area contributed by atoms with Gasteiger partial charge in [0.25, 0.3) is 5.91 Å². The highest BCUT2D eigenvalue weighted by molar-refractivity contribution is 7.89. The van der Waals surface area contributed by atoms with Crippen LogP contribution in [0.25, 0.3) is 0 Å². The zero-order chi connectivity index (χ0) is 24.7. The summed E-state index contributed by atoms with van der Waals surface area (Å²) in [5, 5.41) is 4.65. The zero-order valence-corrected chi connectivity index (χ0v) is 20.9. The molecule has 0 saturated heterocycles. The molecule has 3 aromatic rings. The fourth-order valence-corrected chi connectivity index (χ4v) is 4.86. The van der Waals surface area contributed by atoms with Crippen LogP contribution in [0.15, 0.2) is 76.7 Å². The molecule has 3 rings (SSSR count). The minimum Gasteiger partial charge on any atom is -0.497 e. The highest BCUT2D eigenvalue weighted by Gasteiger charge is 2.27. The first-order chi connectivity index (χ1) is 16.2. The quantitative estimate of drug-likeness (QED) is 0.329. The third kappa shape index (κ3) is 6.80. The Morgan fingerprint density at radius 1 is 1.09 bits per heavy atom. The summed E-state index contributed by atoms with van der Waals surface area (Å²) in [4.78, 5) is 12.7. The second-order valence-electron chi connectivity index (χ2n) is 7.39. The average molecular weight is 520 g/mol. The van der Waals surface area contributed by atoms with Crippen LogP contribution in [0.4, 0.5) is 0 Å². The fraction of sp³-hybridized carbons (Fsp3) is 0.167. The van der Waals surface area contributed by atoms with E-state index in [1.807, 2.05) is 6.92 Å².